The van der Waals surface area contributed by atoms with Crippen LogP contribution in [-0.2, 0) is 20.5 Å². The summed E-state index contributed by atoms with van der Waals surface area (Å²) in [5.74, 6) is -0.972. The minimum atomic E-state index is -4.60. The summed E-state index contributed by atoms with van der Waals surface area (Å²) in [5, 5.41) is 1.98. The van der Waals surface area contributed by atoms with Crippen LogP contribution in [0, 0.1) is 0 Å². The van der Waals surface area contributed by atoms with E-state index in [-0.39, 0.29) is 24.1 Å². The van der Waals surface area contributed by atoms with Crippen LogP contribution in [0.3, 0.4) is 0 Å². The molecule has 0 saturated carbocycles. The second-order valence-corrected chi connectivity index (χ2v) is 8.89. The molecule has 2 unspecified atom stereocenters. The molecule has 6 nitrogen and oxygen atoms in total. The van der Waals surface area contributed by atoms with Gasteiger partial charge in [0.1, 0.15) is 5.25 Å². The summed E-state index contributed by atoms with van der Waals surface area (Å²) >= 11 is 1.14. The molecule has 2 atom stereocenters. The number of thioether (sulfide) groups is 1. The van der Waals surface area contributed by atoms with Gasteiger partial charge in [0, 0.05) is 13.0 Å². The number of carbonyl (C=O) groups excluding carboxylic acids is 2. The summed E-state index contributed by atoms with van der Waals surface area (Å²) in [6, 6.07) is 13.9. The van der Waals surface area contributed by atoms with Crippen LogP contribution in [0.25, 0.3) is 0 Å². The molecule has 2 aromatic rings. The van der Waals surface area contributed by atoms with Gasteiger partial charge in [-0.05, 0) is 37.1 Å². The van der Waals surface area contributed by atoms with Crippen molar-refractivity contribution in [1.82, 2.24) is 4.90 Å². The lowest BCUT2D eigenvalue weighted by Crippen LogP contribution is -2.38. The van der Waals surface area contributed by atoms with Crippen molar-refractivity contribution in [1.29, 1.82) is 0 Å². The second kappa shape index (κ2) is 9.96. The van der Waals surface area contributed by atoms with E-state index in [1.54, 1.807) is 12.1 Å². The number of benzene rings is 2. The van der Waals surface area contributed by atoms with Crippen molar-refractivity contribution in [3.63, 3.8) is 0 Å². The zero-order valence-corrected chi connectivity index (χ0v) is 18.4. The van der Waals surface area contributed by atoms with E-state index in [1.807, 2.05) is 18.2 Å². The number of nitrogens with zero attached hydrogens (tertiary/aromatic N) is 2. The third kappa shape index (κ3) is 5.75. The lowest BCUT2D eigenvalue weighted by Gasteiger charge is -2.20. The fourth-order valence-corrected chi connectivity index (χ4v) is 4.87. The number of aliphatic imine (C=N–C) groups is 1. The number of carbonyl (C=O) groups is 2. The van der Waals surface area contributed by atoms with E-state index in [1.165, 1.54) is 23.1 Å². The fourth-order valence-electron chi connectivity index (χ4n) is 3.71. The van der Waals surface area contributed by atoms with Crippen LogP contribution >= 0.6 is 11.8 Å². The maximum atomic E-state index is 13.2. The number of alkyl halides is 3. The SMILES string of the molecule is O=C(CC1SC(=Nc2ccccc2)N(CC2CCCO2)C1=O)Nc1ccccc1C(F)(F)F. The van der Waals surface area contributed by atoms with E-state index >= 15 is 0 Å². The Morgan fingerprint density at radius 1 is 1.15 bits per heavy atom. The normalized spacial score (nSPS) is 22.2. The molecule has 0 aliphatic carbocycles. The molecule has 0 aromatic heterocycles. The molecule has 10 heteroatoms. The van der Waals surface area contributed by atoms with E-state index in [9.17, 15) is 22.8 Å². The molecule has 4 rings (SSSR count). The topological polar surface area (TPSA) is 71.0 Å². The van der Waals surface area contributed by atoms with Crippen LogP contribution in [0.4, 0.5) is 24.5 Å². The van der Waals surface area contributed by atoms with Gasteiger partial charge in [-0.3, -0.25) is 14.5 Å². The van der Waals surface area contributed by atoms with Crippen LogP contribution in [0.1, 0.15) is 24.8 Å². The molecule has 2 aliphatic heterocycles. The minimum absolute atomic E-state index is 0.109. The van der Waals surface area contributed by atoms with Gasteiger partial charge in [0.15, 0.2) is 5.17 Å². The van der Waals surface area contributed by atoms with E-state index in [4.69, 9.17) is 4.74 Å². The second-order valence-electron chi connectivity index (χ2n) is 7.72. The van der Waals surface area contributed by atoms with Crippen molar-refractivity contribution in [2.45, 2.75) is 36.8 Å². The van der Waals surface area contributed by atoms with Crippen molar-refractivity contribution < 1.29 is 27.5 Å². The average Bonchev–Trinajstić information content (AvgIpc) is 3.38. The Bertz CT molecular complexity index is 1040. The first kappa shape index (κ1) is 23.3. The molecule has 2 saturated heterocycles. The van der Waals surface area contributed by atoms with Crippen molar-refractivity contribution in [3.05, 3.63) is 60.2 Å². The van der Waals surface area contributed by atoms with E-state index in [0.717, 1.165) is 30.7 Å². The van der Waals surface area contributed by atoms with Crippen molar-refractivity contribution in [3.8, 4) is 0 Å². The quantitative estimate of drug-likeness (QED) is 0.646. The molecule has 2 amide bonds. The lowest BCUT2D eigenvalue weighted by molar-refractivity contribution is -0.137. The number of amides is 2. The lowest BCUT2D eigenvalue weighted by atomic mass is 10.1. The Labute approximate surface area is 193 Å². The third-order valence-corrected chi connectivity index (χ3v) is 6.46. The molecule has 0 radical (unpaired) electrons. The summed E-state index contributed by atoms with van der Waals surface area (Å²) in [6.45, 7) is 0.960. The average molecular weight is 478 g/mol. The van der Waals surface area contributed by atoms with Gasteiger partial charge in [0.05, 0.1) is 29.6 Å². The number of nitrogens with one attached hydrogen (secondary N) is 1. The number of para-hydroxylation sites is 2. The van der Waals surface area contributed by atoms with Gasteiger partial charge < -0.3 is 10.1 Å². The van der Waals surface area contributed by atoms with E-state index < -0.39 is 22.9 Å². The first-order valence-corrected chi connectivity index (χ1v) is 11.4. The highest BCUT2D eigenvalue weighted by Crippen LogP contribution is 2.36. The maximum Gasteiger partial charge on any atom is 0.418 e. The standard InChI is InChI=1S/C23H22F3N3O3S/c24-23(25,26)17-10-4-5-11-18(17)28-20(30)13-19-21(31)29(14-16-9-6-12-32-16)22(33-19)27-15-7-2-1-3-8-15/h1-5,7-8,10-11,16,19H,6,9,12-14H2,(H,28,30). The third-order valence-electron chi connectivity index (χ3n) is 5.29. The summed E-state index contributed by atoms with van der Waals surface area (Å²) < 4.78 is 45.3. The molecular formula is C23H22F3N3O3S. The first-order chi connectivity index (χ1) is 15.8. The Hall–Kier alpha value is -2.85. The number of rotatable bonds is 6. The van der Waals surface area contributed by atoms with Gasteiger partial charge >= 0.3 is 6.18 Å². The van der Waals surface area contributed by atoms with Crippen molar-refractivity contribution >= 4 is 40.1 Å². The molecular weight excluding hydrogens is 455 g/mol. The van der Waals surface area contributed by atoms with Gasteiger partial charge in [-0.25, -0.2) is 4.99 Å². The Morgan fingerprint density at radius 2 is 1.88 bits per heavy atom. The van der Waals surface area contributed by atoms with Crippen molar-refractivity contribution in [2.75, 3.05) is 18.5 Å². The summed E-state index contributed by atoms with van der Waals surface area (Å²) in [4.78, 5) is 31.8. The molecule has 1 N–H and O–H groups in total. The highest BCUT2D eigenvalue weighted by molar-refractivity contribution is 8.15. The van der Waals surface area contributed by atoms with Gasteiger partial charge in [0.2, 0.25) is 11.8 Å². The predicted molar refractivity (Wildman–Crippen MR) is 120 cm³/mol. The summed E-state index contributed by atoms with van der Waals surface area (Å²) in [5.41, 5.74) is -0.607. The Balaban J connectivity index is 1.50. The molecule has 33 heavy (non-hydrogen) atoms. The fraction of sp³-hybridized carbons (Fsp3) is 0.348. The number of halogens is 3. The molecule has 0 spiro atoms. The zero-order chi connectivity index (χ0) is 23.4. The number of amidine groups is 1. The summed E-state index contributed by atoms with van der Waals surface area (Å²) in [6.07, 6.45) is -3.25. The molecule has 2 aliphatic rings. The summed E-state index contributed by atoms with van der Waals surface area (Å²) in [7, 11) is 0. The molecule has 2 aromatic carbocycles. The van der Waals surface area contributed by atoms with Crippen LogP contribution in [0.15, 0.2) is 59.6 Å². The molecule has 174 valence electrons. The number of hydrogen-bond donors (Lipinski definition) is 1. The first-order valence-electron chi connectivity index (χ1n) is 10.5. The highest BCUT2D eigenvalue weighted by atomic mass is 32.2. The van der Waals surface area contributed by atoms with Crippen LogP contribution in [-0.4, -0.2) is 46.4 Å². The largest absolute Gasteiger partial charge is 0.418 e. The predicted octanol–water partition coefficient (Wildman–Crippen LogP) is 4.84. The van der Waals surface area contributed by atoms with Gasteiger partial charge in [0.25, 0.3) is 0 Å². The van der Waals surface area contributed by atoms with Crippen LogP contribution < -0.4 is 5.32 Å². The number of anilines is 1. The van der Waals surface area contributed by atoms with Crippen LogP contribution in [0.5, 0.6) is 0 Å². The van der Waals surface area contributed by atoms with Gasteiger partial charge in [-0.1, -0.05) is 42.1 Å². The molecule has 2 fully saturated rings. The zero-order valence-electron chi connectivity index (χ0n) is 17.5. The van der Waals surface area contributed by atoms with E-state index in [0.29, 0.717) is 24.0 Å². The van der Waals surface area contributed by atoms with Crippen molar-refractivity contribution in [2.24, 2.45) is 4.99 Å². The number of ether oxygens (including phenoxy) is 1. The molecule has 2 heterocycles. The van der Waals surface area contributed by atoms with Gasteiger partial charge in [-0.2, -0.15) is 13.2 Å². The van der Waals surface area contributed by atoms with Crippen LogP contribution in [0.2, 0.25) is 0 Å². The maximum absolute atomic E-state index is 13.2. The highest BCUT2D eigenvalue weighted by Gasteiger charge is 2.41. The Morgan fingerprint density at radius 3 is 2.58 bits per heavy atom. The Kier molecular flexibility index (Phi) is 7.04. The van der Waals surface area contributed by atoms with Gasteiger partial charge in [-0.15, -0.1) is 0 Å². The smallest absolute Gasteiger partial charge is 0.376 e. The minimum Gasteiger partial charge on any atom is -0.376 e. The number of hydrogen-bond acceptors (Lipinski definition) is 5. The molecule has 0 bridgehead atoms. The monoisotopic (exact) mass is 477 g/mol. The van der Waals surface area contributed by atoms with E-state index in [2.05, 4.69) is 10.3 Å².